The fourth-order valence-electron chi connectivity index (χ4n) is 1.21. The summed E-state index contributed by atoms with van der Waals surface area (Å²) in [7, 11) is 0. The predicted molar refractivity (Wildman–Crippen MR) is 62.4 cm³/mol. The minimum Gasteiger partial charge on any atom is -0.383 e. The second kappa shape index (κ2) is 6.19. The average molecular weight is 190 g/mol. The Balaban J connectivity index is 2.32. The number of nitrogens with zero attached hydrogens (tertiary/aromatic N) is 1. The topological polar surface area (TPSA) is 24.4 Å². The zero-order valence-electron chi connectivity index (χ0n) is 8.96. The van der Waals surface area contributed by atoms with Gasteiger partial charge in [0.1, 0.15) is 0 Å². The Labute approximate surface area is 86.1 Å². The largest absolute Gasteiger partial charge is 0.383 e. The molecule has 1 aliphatic rings. The van der Waals surface area contributed by atoms with Gasteiger partial charge in [-0.25, -0.2) is 0 Å². The first kappa shape index (κ1) is 10.8. The van der Waals surface area contributed by atoms with E-state index in [-0.39, 0.29) is 0 Å². The lowest BCUT2D eigenvalue weighted by molar-refractivity contribution is 0.791. The van der Waals surface area contributed by atoms with Crippen molar-refractivity contribution in [2.45, 2.75) is 26.7 Å². The molecule has 0 unspecified atom stereocenters. The van der Waals surface area contributed by atoms with Gasteiger partial charge >= 0.3 is 0 Å². The molecule has 0 atom stereocenters. The van der Waals surface area contributed by atoms with Gasteiger partial charge in [0.15, 0.2) is 0 Å². The van der Waals surface area contributed by atoms with Crippen LogP contribution in [0.5, 0.6) is 0 Å². The molecule has 1 heterocycles. The molecule has 0 aromatic heterocycles. The molecule has 0 bridgehead atoms. The SMILES string of the molecule is C/C=C\C=C(/C)CNC1=CN=CCC1. The summed E-state index contributed by atoms with van der Waals surface area (Å²) in [6.07, 6.45) is 12.2. The molecule has 0 saturated heterocycles. The lowest BCUT2D eigenvalue weighted by Crippen LogP contribution is -2.16. The van der Waals surface area contributed by atoms with Crippen molar-refractivity contribution in [1.29, 1.82) is 0 Å². The molecule has 14 heavy (non-hydrogen) atoms. The van der Waals surface area contributed by atoms with Gasteiger partial charge in [-0.2, -0.15) is 0 Å². The van der Waals surface area contributed by atoms with Crippen molar-refractivity contribution in [3.63, 3.8) is 0 Å². The van der Waals surface area contributed by atoms with Crippen LogP contribution in [0.2, 0.25) is 0 Å². The minimum atomic E-state index is 0.908. The Morgan fingerprint density at radius 1 is 1.64 bits per heavy atom. The third kappa shape index (κ3) is 4.08. The van der Waals surface area contributed by atoms with Crippen LogP contribution in [-0.2, 0) is 0 Å². The van der Waals surface area contributed by atoms with Crippen LogP contribution < -0.4 is 5.32 Å². The maximum Gasteiger partial charge on any atom is 0.0453 e. The molecule has 0 fully saturated rings. The maximum absolute atomic E-state index is 4.12. The smallest absolute Gasteiger partial charge is 0.0453 e. The first-order valence-electron chi connectivity index (χ1n) is 5.06. The number of nitrogens with one attached hydrogen (secondary N) is 1. The van der Waals surface area contributed by atoms with Crippen molar-refractivity contribution in [3.8, 4) is 0 Å². The molecule has 0 radical (unpaired) electrons. The van der Waals surface area contributed by atoms with Crippen LogP contribution in [0.15, 0.2) is 40.7 Å². The highest BCUT2D eigenvalue weighted by molar-refractivity contribution is 5.60. The van der Waals surface area contributed by atoms with Gasteiger partial charge in [-0.3, -0.25) is 4.99 Å². The van der Waals surface area contributed by atoms with E-state index >= 15 is 0 Å². The van der Waals surface area contributed by atoms with E-state index in [1.54, 1.807) is 0 Å². The molecule has 1 aliphatic heterocycles. The van der Waals surface area contributed by atoms with Gasteiger partial charge in [-0.15, -0.1) is 0 Å². The zero-order chi connectivity index (χ0) is 10.2. The van der Waals surface area contributed by atoms with E-state index in [0.717, 1.165) is 19.4 Å². The van der Waals surface area contributed by atoms with Crippen LogP contribution in [-0.4, -0.2) is 12.8 Å². The summed E-state index contributed by atoms with van der Waals surface area (Å²) in [6.45, 7) is 5.06. The Morgan fingerprint density at radius 2 is 2.50 bits per heavy atom. The normalized spacial score (nSPS) is 17.3. The molecule has 0 aromatic rings. The van der Waals surface area contributed by atoms with Crippen LogP contribution in [0.4, 0.5) is 0 Å². The van der Waals surface area contributed by atoms with Crippen molar-refractivity contribution >= 4 is 6.21 Å². The van der Waals surface area contributed by atoms with Gasteiger partial charge in [-0.1, -0.05) is 23.8 Å². The summed E-state index contributed by atoms with van der Waals surface area (Å²) in [6, 6.07) is 0. The third-order valence-electron chi connectivity index (χ3n) is 2.05. The van der Waals surface area contributed by atoms with Crippen molar-refractivity contribution in [2.75, 3.05) is 6.54 Å². The zero-order valence-corrected chi connectivity index (χ0v) is 8.96. The fraction of sp³-hybridized carbons (Fsp3) is 0.417. The van der Waals surface area contributed by atoms with Crippen LogP contribution in [0.1, 0.15) is 26.7 Å². The van der Waals surface area contributed by atoms with Gasteiger partial charge in [0, 0.05) is 24.7 Å². The van der Waals surface area contributed by atoms with Crippen LogP contribution >= 0.6 is 0 Å². The molecule has 2 nitrogen and oxygen atoms in total. The summed E-state index contributed by atoms with van der Waals surface area (Å²) in [4.78, 5) is 4.12. The van der Waals surface area contributed by atoms with Crippen LogP contribution in [0, 0.1) is 0 Å². The summed E-state index contributed by atoms with van der Waals surface area (Å²) in [5.74, 6) is 0. The van der Waals surface area contributed by atoms with Gasteiger partial charge in [0.25, 0.3) is 0 Å². The molecule has 0 saturated carbocycles. The standard InChI is InChI=1S/C12H18N2/c1-3-4-6-11(2)9-14-12-7-5-8-13-10-12/h3-4,6,8,10,14H,5,7,9H2,1-2H3/b4-3-,11-6+. The molecule has 0 spiro atoms. The van der Waals surface area contributed by atoms with E-state index in [4.69, 9.17) is 0 Å². The average Bonchev–Trinajstić information content (AvgIpc) is 2.25. The summed E-state index contributed by atoms with van der Waals surface area (Å²) >= 11 is 0. The van der Waals surface area contributed by atoms with Crippen LogP contribution in [0.25, 0.3) is 0 Å². The Hall–Kier alpha value is -1.31. The van der Waals surface area contributed by atoms with Crippen molar-refractivity contribution in [2.24, 2.45) is 4.99 Å². The predicted octanol–water partition coefficient (Wildman–Crippen LogP) is 2.80. The molecule has 2 heteroatoms. The molecular formula is C12H18N2. The lowest BCUT2D eigenvalue weighted by atomic mass is 10.2. The number of hydrogen-bond acceptors (Lipinski definition) is 2. The number of rotatable bonds is 4. The number of allylic oxidation sites excluding steroid dienone is 4. The van der Waals surface area contributed by atoms with E-state index < -0.39 is 0 Å². The first-order chi connectivity index (χ1) is 6.83. The summed E-state index contributed by atoms with van der Waals surface area (Å²) in [5, 5.41) is 3.38. The third-order valence-corrected chi connectivity index (χ3v) is 2.05. The molecule has 1 N–H and O–H groups in total. The Morgan fingerprint density at radius 3 is 3.14 bits per heavy atom. The Bertz CT molecular complexity index is 283. The van der Waals surface area contributed by atoms with Crippen LogP contribution in [0.3, 0.4) is 0 Å². The number of hydrogen-bond donors (Lipinski definition) is 1. The van der Waals surface area contributed by atoms with Crippen molar-refractivity contribution in [1.82, 2.24) is 5.32 Å². The van der Waals surface area contributed by atoms with E-state index in [0.29, 0.717) is 0 Å². The van der Waals surface area contributed by atoms with E-state index in [2.05, 4.69) is 29.4 Å². The minimum absolute atomic E-state index is 0.908. The van der Waals surface area contributed by atoms with Gasteiger partial charge in [-0.05, 0) is 26.7 Å². The van der Waals surface area contributed by atoms with Gasteiger partial charge in [0.05, 0.1) is 0 Å². The second-order valence-electron chi connectivity index (χ2n) is 3.42. The van der Waals surface area contributed by atoms with Gasteiger partial charge in [0.2, 0.25) is 0 Å². The molecule has 0 aromatic carbocycles. The quantitative estimate of drug-likeness (QED) is 0.677. The highest BCUT2D eigenvalue weighted by Gasteiger charge is 1.98. The number of aliphatic imine (C=N–C) groups is 1. The van der Waals surface area contributed by atoms with Gasteiger partial charge < -0.3 is 5.32 Å². The van der Waals surface area contributed by atoms with Crippen molar-refractivity contribution < 1.29 is 0 Å². The lowest BCUT2D eigenvalue weighted by Gasteiger charge is -2.11. The van der Waals surface area contributed by atoms with E-state index in [1.807, 2.05) is 25.4 Å². The van der Waals surface area contributed by atoms with Crippen molar-refractivity contribution in [3.05, 3.63) is 35.7 Å². The monoisotopic (exact) mass is 190 g/mol. The van der Waals surface area contributed by atoms with E-state index in [9.17, 15) is 0 Å². The highest BCUT2D eigenvalue weighted by atomic mass is 14.9. The molecule has 0 amide bonds. The molecular weight excluding hydrogens is 172 g/mol. The maximum atomic E-state index is 4.12. The highest BCUT2D eigenvalue weighted by Crippen LogP contribution is 2.05. The second-order valence-corrected chi connectivity index (χ2v) is 3.42. The summed E-state index contributed by atoms with van der Waals surface area (Å²) in [5.41, 5.74) is 2.57. The van der Waals surface area contributed by atoms with E-state index in [1.165, 1.54) is 11.3 Å². The summed E-state index contributed by atoms with van der Waals surface area (Å²) < 4.78 is 0. The fourth-order valence-corrected chi connectivity index (χ4v) is 1.21. The molecule has 0 aliphatic carbocycles. The first-order valence-corrected chi connectivity index (χ1v) is 5.06. The molecule has 76 valence electrons. The Kier molecular flexibility index (Phi) is 4.76. The molecule has 1 rings (SSSR count).